The van der Waals surface area contributed by atoms with Crippen LogP contribution in [-0.2, 0) is 9.59 Å². The Bertz CT molecular complexity index is 233. The molecule has 15 heavy (non-hydrogen) atoms. The van der Waals surface area contributed by atoms with Crippen molar-refractivity contribution in [3.8, 4) is 0 Å². The van der Waals surface area contributed by atoms with Crippen LogP contribution >= 0.6 is 11.8 Å². The third-order valence-electron chi connectivity index (χ3n) is 2.05. The van der Waals surface area contributed by atoms with Gasteiger partial charge in [0.25, 0.3) is 0 Å². The van der Waals surface area contributed by atoms with Gasteiger partial charge in [0.1, 0.15) is 6.04 Å². The van der Waals surface area contributed by atoms with Gasteiger partial charge in [-0.15, -0.1) is 11.8 Å². The van der Waals surface area contributed by atoms with Crippen LogP contribution in [0.25, 0.3) is 0 Å². The molecule has 6 heteroatoms. The summed E-state index contributed by atoms with van der Waals surface area (Å²) in [5, 5.41) is 10.3. The van der Waals surface area contributed by atoms with Gasteiger partial charge in [-0.1, -0.05) is 0 Å². The van der Waals surface area contributed by atoms with Crippen molar-refractivity contribution >= 4 is 23.6 Å². The van der Waals surface area contributed by atoms with Crippen LogP contribution in [0.4, 0.5) is 0 Å². The molecule has 0 aliphatic carbocycles. The number of aliphatic carboxylic acids is 1. The summed E-state index contributed by atoms with van der Waals surface area (Å²) in [4.78, 5) is 23.4. The van der Waals surface area contributed by atoms with E-state index in [1.807, 2.05) is 13.8 Å². The van der Waals surface area contributed by atoms with E-state index < -0.39 is 12.0 Å². The Labute approximate surface area is 94.0 Å². The highest BCUT2D eigenvalue weighted by Gasteiger charge is 2.13. The number of rotatable bonds is 6. The average molecular weight is 234 g/mol. The second-order valence-corrected chi connectivity index (χ2v) is 4.66. The zero-order valence-electron chi connectivity index (χ0n) is 9.36. The second kappa shape index (κ2) is 6.68. The van der Waals surface area contributed by atoms with Crippen LogP contribution in [-0.4, -0.2) is 47.4 Å². The van der Waals surface area contributed by atoms with E-state index in [2.05, 4.69) is 5.73 Å². The van der Waals surface area contributed by atoms with Crippen LogP contribution in [0.15, 0.2) is 0 Å². The number of carbonyl (C=O) groups is 2. The van der Waals surface area contributed by atoms with Gasteiger partial charge in [0.15, 0.2) is 0 Å². The normalized spacial score (nSPS) is 12.6. The quantitative estimate of drug-likeness (QED) is 0.573. The highest BCUT2D eigenvalue weighted by Crippen LogP contribution is 2.04. The molecule has 0 aromatic rings. The van der Waals surface area contributed by atoms with Gasteiger partial charge in [-0.3, -0.25) is 4.79 Å². The first-order valence-electron chi connectivity index (χ1n) is 4.73. The molecular formula is C9H18N2O3S. The SMILES string of the molecule is CC(C)N(C)C(=O)CSC[C@H]([NH3+])C(=O)[O-]. The molecule has 0 rings (SSSR count). The van der Waals surface area contributed by atoms with Crippen molar-refractivity contribution in [2.45, 2.75) is 25.9 Å². The van der Waals surface area contributed by atoms with Crippen LogP contribution in [0.2, 0.25) is 0 Å². The summed E-state index contributed by atoms with van der Waals surface area (Å²) in [7, 11) is 1.73. The highest BCUT2D eigenvalue weighted by molar-refractivity contribution is 8.00. The molecule has 0 saturated heterocycles. The zero-order valence-corrected chi connectivity index (χ0v) is 10.2. The van der Waals surface area contributed by atoms with Gasteiger partial charge in [0, 0.05) is 13.1 Å². The van der Waals surface area contributed by atoms with E-state index >= 15 is 0 Å². The standard InChI is InChI=1S/C9H18N2O3S/c1-6(2)11(3)8(12)5-15-4-7(10)9(13)14/h6-7H,4-5,10H2,1-3H3,(H,13,14)/t7-/m0/s1. The zero-order chi connectivity index (χ0) is 12.0. The van der Waals surface area contributed by atoms with Crippen LogP contribution in [0.5, 0.6) is 0 Å². The maximum Gasteiger partial charge on any atom is 0.232 e. The molecule has 0 aromatic carbocycles. The number of hydrogen-bond donors (Lipinski definition) is 1. The fourth-order valence-corrected chi connectivity index (χ4v) is 1.66. The van der Waals surface area contributed by atoms with Crippen molar-refractivity contribution < 1.29 is 20.4 Å². The molecule has 0 aromatic heterocycles. The number of thioether (sulfide) groups is 1. The Hall–Kier alpha value is -0.750. The van der Waals surface area contributed by atoms with Crippen LogP contribution < -0.4 is 10.8 Å². The fourth-order valence-electron chi connectivity index (χ4n) is 0.746. The number of amides is 1. The Morgan fingerprint density at radius 2 is 2.00 bits per heavy atom. The molecular weight excluding hydrogens is 216 g/mol. The Kier molecular flexibility index (Phi) is 6.35. The van der Waals surface area contributed by atoms with Gasteiger partial charge in [0.05, 0.1) is 17.5 Å². The summed E-state index contributed by atoms with van der Waals surface area (Å²) in [6.07, 6.45) is 0. The molecule has 88 valence electrons. The topological polar surface area (TPSA) is 88.1 Å². The predicted molar refractivity (Wildman–Crippen MR) is 56.9 cm³/mol. The molecule has 0 heterocycles. The molecule has 3 N–H and O–H groups in total. The molecule has 0 aliphatic rings. The minimum atomic E-state index is -1.17. The van der Waals surface area contributed by atoms with E-state index in [4.69, 9.17) is 0 Å². The van der Waals surface area contributed by atoms with E-state index in [1.165, 1.54) is 11.8 Å². The summed E-state index contributed by atoms with van der Waals surface area (Å²) in [6.45, 7) is 3.85. The molecule has 0 aliphatic heterocycles. The smallest absolute Gasteiger partial charge is 0.232 e. The first kappa shape index (κ1) is 14.2. The van der Waals surface area contributed by atoms with E-state index in [-0.39, 0.29) is 17.7 Å². The minimum Gasteiger partial charge on any atom is -0.544 e. The number of hydrogen-bond acceptors (Lipinski definition) is 4. The molecule has 0 unspecified atom stereocenters. The van der Waals surface area contributed by atoms with Gasteiger partial charge in [-0.2, -0.15) is 0 Å². The molecule has 1 atom stereocenters. The summed E-state index contributed by atoms with van der Waals surface area (Å²) in [6, 6.07) is -0.595. The monoisotopic (exact) mass is 234 g/mol. The van der Waals surface area contributed by atoms with Crippen LogP contribution in [0, 0.1) is 0 Å². The number of nitrogens with zero attached hydrogens (tertiary/aromatic N) is 1. The van der Waals surface area contributed by atoms with Gasteiger partial charge < -0.3 is 20.5 Å². The van der Waals surface area contributed by atoms with Crippen LogP contribution in [0.3, 0.4) is 0 Å². The lowest BCUT2D eigenvalue weighted by Crippen LogP contribution is -2.69. The Balaban J connectivity index is 3.78. The number of carboxylic acid groups (broad SMARTS) is 1. The maximum absolute atomic E-state index is 11.5. The minimum absolute atomic E-state index is 0.000507. The molecule has 0 spiro atoms. The molecule has 0 radical (unpaired) electrons. The average Bonchev–Trinajstić information content (AvgIpc) is 2.15. The highest BCUT2D eigenvalue weighted by atomic mass is 32.2. The third kappa shape index (κ3) is 5.64. The second-order valence-electron chi connectivity index (χ2n) is 3.63. The van der Waals surface area contributed by atoms with Crippen molar-refractivity contribution in [1.29, 1.82) is 0 Å². The lowest BCUT2D eigenvalue weighted by Gasteiger charge is -2.21. The summed E-state index contributed by atoms with van der Waals surface area (Å²) in [5.74, 6) is -0.582. The number of quaternary nitrogens is 1. The number of carboxylic acids is 1. The van der Waals surface area contributed by atoms with Gasteiger partial charge >= 0.3 is 0 Å². The van der Waals surface area contributed by atoms with E-state index in [1.54, 1.807) is 11.9 Å². The lowest BCUT2D eigenvalue weighted by molar-refractivity contribution is -0.431. The molecule has 0 bridgehead atoms. The van der Waals surface area contributed by atoms with Crippen molar-refractivity contribution in [2.75, 3.05) is 18.6 Å². The maximum atomic E-state index is 11.5. The largest absolute Gasteiger partial charge is 0.544 e. The summed E-state index contributed by atoms with van der Waals surface area (Å²) >= 11 is 1.27. The van der Waals surface area contributed by atoms with E-state index in [9.17, 15) is 14.7 Å². The summed E-state index contributed by atoms with van der Waals surface area (Å²) in [5.41, 5.74) is 3.41. The predicted octanol–water partition coefficient (Wildman–Crippen LogP) is -2.05. The molecule has 1 amide bonds. The first-order chi connectivity index (χ1) is 6.86. The van der Waals surface area contributed by atoms with Gasteiger partial charge in [0.2, 0.25) is 5.91 Å². The van der Waals surface area contributed by atoms with Crippen molar-refractivity contribution in [3.05, 3.63) is 0 Å². The first-order valence-corrected chi connectivity index (χ1v) is 5.89. The molecule has 0 saturated carbocycles. The number of carbonyl (C=O) groups excluding carboxylic acids is 2. The lowest BCUT2D eigenvalue weighted by atomic mass is 10.3. The third-order valence-corrected chi connectivity index (χ3v) is 3.14. The fraction of sp³-hybridized carbons (Fsp3) is 0.778. The Morgan fingerprint density at radius 1 is 1.47 bits per heavy atom. The summed E-state index contributed by atoms with van der Waals surface area (Å²) < 4.78 is 0. The van der Waals surface area contributed by atoms with Gasteiger partial charge in [-0.05, 0) is 13.8 Å². The van der Waals surface area contributed by atoms with Gasteiger partial charge in [-0.25, -0.2) is 0 Å². The van der Waals surface area contributed by atoms with Crippen LogP contribution in [0.1, 0.15) is 13.8 Å². The van der Waals surface area contributed by atoms with Crippen molar-refractivity contribution in [3.63, 3.8) is 0 Å². The molecule has 0 fully saturated rings. The van der Waals surface area contributed by atoms with E-state index in [0.717, 1.165) is 0 Å². The van der Waals surface area contributed by atoms with Crippen molar-refractivity contribution in [1.82, 2.24) is 4.90 Å². The van der Waals surface area contributed by atoms with Crippen molar-refractivity contribution in [2.24, 2.45) is 0 Å². The van der Waals surface area contributed by atoms with E-state index in [0.29, 0.717) is 5.75 Å². The Morgan fingerprint density at radius 3 is 2.40 bits per heavy atom. The molecule has 5 nitrogen and oxygen atoms in total.